The van der Waals surface area contributed by atoms with Gasteiger partial charge in [-0.05, 0) is 45.4 Å². The molecule has 1 N–H and O–H groups in total. The van der Waals surface area contributed by atoms with Gasteiger partial charge in [0, 0.05) is 46.1 Å². The van der Waals surface area contributed by atoms with Crippen molar-refractivity contribution < 1.29 is 4.42 Å². The monoisotopic (exact) mass is 419 g/mol. The molecule has 6 nitrogen and oxygen atoms in total. The van der Waals surface area contributed by atoms with Crippen LogP contribution in [-0.4, -0.2) is 25.8 Å². The molecule has 0 unspecified atom stereocenters. The van der Waals surface area contributed by atoms with Crippen LogP contribution in [-0.2, 0) is 4.75 Å². The Kier molecular flexibility index (Phi) is 5.72. The van der Waals surface area contributed by atoms with Crippen LogP contribution < -0.4 is 5.32 Å². The van der Waals surface area contributed by atoms with E-state index in [1.807, 2.05) is 62.3 Å². The Morgan fingerprint density at radius 1 is 1.07 bits per heavy atom. The number of anilines is 1. The van der Waals surface area contributed by atoms with Gasteiger partial charge in [0.15, 0.2) is 5.58 Å². The van der Waals surface area contributed by atoms with Gasteiger partial charge in [-0.2, -0.15) is 0 Å². The molecule has 4 heterocycles. The summed E-state index contributed by atoms with van der Waals surface area (Å²) in [6.45, 7) is 8.37. The molecule has 0 saturated heterocycles. The van der Waals surface area contributed by atoms with E-state index < -0.39 is 0 Å². The van der Waals surface area contributed by atoms with Crippen molar-refractivity contribution in [1.29, 1.82) is 0 Å². The van der Waals surface area contributed by atoms with Crippen LogP contribution in [0.2, 0.25) is 0 Å². The van der Waals surface area contributed by atoms with Gasteiger partial charge in [0.2, 0.25) is 0 Å². The Labute approximate surface area is 180 Å². The number of hydrogen-bond acceptors (Lipinski definition) is 7. The lowest BCUT2D eigenvalue weighted by atomic mass is 9.97. The molecule has 4 rings (SSSR count). The number of fused-ring (bicyclic) bond motifs is 1. The second-order valence-electron chi connectivity index (χ2n) is 7.46. The molecule has 0 radical (unpaired) electrons. The molecular formula is C23H25N5OS. The topological polar surface area (TPSA) is 76.7 Å². The highest BCUT2D eigenvalue weighted by molar-refractivity contribution is 8.00. The molecule has 0 aliphatic heterocycles. The SMILES string of the molecule is CC[C@](C)(SCNc1cc(-c2ccc(C)nc2)ncn1)c1ccnc2cc(C)oc12. The third-order valence-corrected chi connectivity index (χ3v) is 6.73. The first-order valence-electron chi connectivity index (χ1n) is 9.97. The van der Waals surface area contributed by atoms with E-state index >= 15 is 0 Å². The molecule has 4 aromatic heterocycles. The first-order valence-corrected chi connectivity index (χ1v) is 11.0. The highest BCUT2D eigenvalue weighted by Crippen LogP contribution is 2.42. The Balaban J connectivity index is 1.50. The number of pyridine rings is 2. The van der Waals surface area contributed by atoms with E-state index in [1.54, 1.807) is 6.33 Å². The summed E-state index contributed by atoms with van der Waals surface area (Å²) in [5.74, 6) is 2.38. The van der Waals surface area contributed by atoms with Gasteiger partial charge in [-0.3, -0.25) is 9.97 Å². The third-order valence-electron chi connectivity index (χ3n) is 5.30. The molecule has 7 heteroatoms. The van der Waals surface area contributed by atoms with Crippen molar-refractivity contribution in [1.82, 2.24) is 19.9 Å². The number of furan rings is 1. The summed E-state index contributed by atoms with van der Waals surface area (Å²) in [6, 6.07) is 10.0. The Hall–Kier alpha value is -2.93. The quantitative estimate of drug-likeness (QED) is 0.384. The molecule has 30 heavy (non-hydrogen) atoms. The first kappa shape index (κ1) is 20.3. The second kappa shape index (κ2) is 8.44. The highest BCUT2D eigenvalue weighted by atomic mass is 32.2. The molecule has 0 amide bonds. The summed E-state index contributed by atoms with van der Waals surface area (Å²) >= 11 is 1.83. The lowest BCUT2D eigenvalue weighted by molar-refractivity contribution is 0.561. The van der Waals surface area contributed by atoms with Gasteiger partial charge in [-0.25, -0.2) is 9.97 Å². The molecule has 0 aromatic carbocycles. The van der Waals surface area contributed by atoms with Crippen LogP contribution in [0.4, 0.5) is 5.82 Å². The summed E-state index contributed by atoms with van der Waals surface area (Å²) in [5, 5.41) is 3.42. The maximum atomic E-state index is 5.96. The minimum absolute atomic E-state index is 0.116. The van der Waals surface area contributed by atoms with E-state index in [9.17, 15) is 0 Å². The molecule has 0 spiro atoms. The zero-order chi connectivity index (χ0) is 21.1. The molecule has 0 bridgehead atoms. The minimum atomic E-state index is -0.116. The van der Waals surface area contributed by atoms with Crippen molar-refractivity contribution in [2.45, 2.75) is 38.9 Å². The largest absolute Gasteiger partial charge is 0.459 e. The summed E-state index contributed by atoms with van der Waals surface area (Å²) in [5.41, 5.74) is 5.77. The van der Waals surface area contributed by atoms with Gasteiger partial charge in [0.25, 0.3) is 0 Å². The fourth-order valence-electron chi connectivity index (χ4n) is 3.34. The number of aromatic nitrogens is 4. The van der Waals surface area contributed by atoms with E-state index in [-0.39, 0.29) is 4.75 Å². The van der Waals surface area contributed by atoms with Gasteiger partial charge < -0.3 is 9.73 Å². The first-order chi connectivity index (χ1) is 14.5. The number of aryl methyl sites for hydroxylation is 2. The Bertz CT molecular complexity index is 1160. The van der Waals surface area contributed by atoms with E-state index in [0.717, 1.165) is 46.0 Å². The average molecular weight is 420 g/mol. The van der Waals surface area contributed by atoms with Crippen LogP contribution in [0.3, 0.4) is 0 Å². The predicted molar refractivity (Wildman–Crippen MR) is 122 cm³/mol. The lowest BCUT2D eigenvalue weighted by Crippen LogP contribution is -2.19. The summed E-state index contributed by atoms with van der Waals surface area (Å²) in [4.78, 5) is 17.5. The summed E-state index contributed by atoms with van der Waals surface area (Å²) < 4.78 is 5.85. The smallest absolute Gasteiger partial charge is 0.157 e. The van der Waals surface area contributed by atoms with E-state index in [2.05, 4.69) is 45.2 Å². The summed E-state index contributed by atoms with van der Waals surface area (Å²) in [6.07, 6.45) is 6.24. The van der Waals surface area contributed by atoms with Crippen LogP contribution >= 0.6 is 11.8 Å². The van der Waals surface area contributed by atoms with Crippen molar-refractivity contribution in [2.75, 3.05) is 11.2 Å². The number of thioether (sulfide) groups is 1. The van der Waals surface area contributed by atoms with Crippen LogP contribution in [0.1, 0.15) is 37.3 Å². The third kappa shape index (κ3) is 4.16. The molecule has 4 aromatic rings. The average Bonchev–Trinajstić information content (AvgIpc) is 3.14. The van der Waals surface area contributed by atoms with Crippen molar-refractivity contribution in [3.8, 4) is 11.3 Å². The zero-order valence-electron chi connectivity index (χ0n) is 17.6. The van der Waals surface area contributed by atoms with Gasteiger partial charge in [-0.15, -0.1) is 11.8 Å². The molecule has 0 aliphatic carbocycles. The number of hydrogen-bond donors (Lipinski definition) is 1. The number of rotatable bonds is 7. The van der Waals surface area contributed by atoms with Gasteiger partial charge in [-0.1, -0.05) is 6.92 Å². The fourth-order valence-corrected chi connectivity index (χ4v) is 4.40. The Morgan fingerprint density at radius 3 is 2.70 bits per heavy atom. The normalized spacial score (nSPS) is 13.3. The van der Waals surface area contributed by atoms with Crippen molar-refractivity contribution in [3.05, 3.63) is 66.1 Å². The molecular weight excluding hydrogens is 394 g/mol. The fraction of sp³-hybridized carbons (Fsp3) is 0.304. The van der Waals surface area contributed by atoms with Gasteiger partial charge in [0.1, 0.15) is 23.4 Å². The zero-order valence-corrected chi connectivity index (χ0v) is 18.5. The Morgan fingerprint density at radius 2 is 1.93 bits per heavy atom. The summed E-state index contributed by atoms with van der Waals surface area (Å²) in [7, 11) is 0. The van der Waals surface area contributed by atoms with Crippen LogP contribution in [0.25, 0.3) is 22.4 Å². The number of nitrogens with one attached hydrogen (secondary N) is 1. The standard InChI is InChI=1S/C23H25N5OS/c1-5-23(4,18-8-9-24-20-10-16(3)29-22(18)20)30-14-28-21-11-19(26-13-27-21)17-7-6-15(2)25-12-17/h6-13H,5,14H2,1-4H3,(H,26,27,28)/t23-/m0/s1. The maximum absolute atomic E-state index is 5.96. The lowest BCUT2D eigenvalue weighted by Gasteiger charge is -2.28. The molecule has 0 aliphatic rings. The van der Waals surface area contributed by atoms with Gasteiger partial charge in [0.05, 0.1) is 11.6 Å². The van der Waals surface area contributed by atoms with Crippen LogP contribution in [0, 0.1) is 13.8 Å². The van der Waals surface area contributed by atoms with Crippen molar-refractivity contribution in [2.24, 2.45) is 0 Å². The highest BCUT2D eigenvalue weighted by Gasteiger charge is 2.29. The molecule has 154 valence electrons. The van der Waals surface area contributed by atoms with Crippen LogP contribution in [0.5, 0.6) is 0 Å². The second-order valence-corrected chi connectivity index (χ2v) is 8.93. The van der Waals surface area contributed by atoms with Gasteiger partial charge >= 0.3 is 0 Å². The van der Waals surface area contributed by atoms with Crippen molar-refractivity contribution >= 4 is 28.7 Å². The molecule has 0 fully saturated rings. The number of nitrogens with zero attached hydrogens (tertiary/aromatic N) is 4. The minimum Gasteiger partial charge on any atom is -0.459 e. The van der Waals surface area contributed by atoms with Crippen molar-refractivity contribution in [3.63, 3.8) is 0 Å². The molecule has 1 atom stereocenters. The molecule has 0 saturated carbocycles. The van der Waals surface area contributed by atoms with Crippen LogP contribution in [0.15, 0.2) is 53.5 Å². The van der Waals surface area contributed by atoms with E-state index in [1.165, 1.54) is 5.56 Å². The van der Waals surface area contributed by atoms with E-state index in [4.69, 9.17) is 4.42 Å². The maximum Gasteiger partial charge on any atom is 0.157 e. The van der Waals surface area contributed by atoms with E-state index in [0.29, 0.717) is 5.88 Å². The predicted octanol–water partition coefficient (Wildman–Crippen LogP) is 5.72.